The maximum absolute atomic E-state index is 12.4. The molecule has 17 heavy (non-hydrogen) atoms. The summed E-state index contributed by atoms with van der Waals surface area (Å²) in [4.78, 5) is 0.240. The molecule has 1 aliphatic heterocycles. The lowest BCUT2D eigenvalue weighted by atomic mass is 10.1. The molecule has 2 rings (SSSR count). The Kier molecular flexibility index (Phi) is 3.47. The fraction of sp³-hybridized carbons (Fsp3) is 0.700. The minimum atomic E-state index is -3.45. The zero-order valence-electron chi connectivity index (χ0n) is 9.88. The normalized spacial score (nSPS) is 26.5. The number of nitrogens with zero attached hydrogens (tertiary/aromatic N) is 3. The molecule has 1 aromatic heterocycles. The molecule has 1 aliphatic rings. The Morgan fingerprint density at radius 3 is 2.82 bits per heavy atom. The molecule has 0 radical (unpaired) electrons. The van der Waals surface area contributed by atoms with Gasteiger partial charge in [-0.25, -0.2) is 8.42 Å². The molecule has 5 nitrogen and oxygen atoms in total. The van der Waals surface area contributed by atoms with Crippen LogP contribution in [0.3, 0.4) is 0 Å². The molecule has 1 fully saturated rings. The van der Waals surface area contributed by atoms with Crippen LogP contribution in [0.4, 0.5) is 0 Å². The van der Waals surface area contributed by atoms with Gasteiger partial charge < -0.3 is 0 Å². The van der Waals surface area contributed by atoms with Crippen LogP contribution in [0, 0.1) is 5.92 Å². The molecule has 2 atom stereocenters. The smallest absolute Gasteiger partial charge is 0.246 e. The van der Waals surface area contributed by atoms with E-state index in [0.29, 0.717) is 18.3 Å². The van der Waals surface area contributed by atoms with Crippen LogP contribution in [0.15, 0.2) is 17.3 Å². The van der Waals surface area contributed by atoms with Crippen LogP contribution in [-0.4, -0.2) is 41.0 Å². The van der Waals surface area contributed by atoms with Gasteiger partial charge in [-0.05, 0) is 12.3 Å². The van der Waals surface area contributed by atoms with Crippen molar-refractivity contribution in [2.45, 2.75) is 24.3 Å². The van der Waals surface area contributed by atoms with Gasteiger partial charge in [-0.15, -0.1) is 11.6 Å². The predicted molar refractivity (Wildman–Crippen MR) is 65.4 cm³/mol. The minimum absolute atomic E-state index is 0.109. The van der Waals surface area contributed by atoms with E-state index < -0.39 is 10.0 Å². The van der Waals surface area contributed by atoms with Crippen LogP contribution < -0.4 is 0 Å². The molecule has 0 aliphatic carbocycles. The number of sulfonamides is 1. The van der Waals surface area contributed by atoms with E-state index in [0.717, 1.165) is 6.42 Å². The first-order valence-electron chi connectivity index (χ1n) is 5.53. The van der Waals surface area contributed by atoms with E-state index in [1.807, 2.05) is 6.92 Å². The lowest BCUT2D eigenvalue weighted by Gasteiger charge is -2.23. The summed E-state index contributed by atoms with van der Waals surface area (Å²) in [5.74, 6) is 0.639. The van der Waals surface area contributed by atoms with E-state index in [1.54, 1.807) is 7.05 Å². The van der Waals surface area contributed by atoms with Crippen LogP contribution in [0.1, 0.15) is 13.3 Å². The Morgan fingerprint density at radius 2 is 2.29 bits per heavy atom. The van der Waals surface area contributed by atoms with Crippen molar-refractivity contribution in [2.24, 2.45) is 13.0 Å². The molecule has 1 saturated heterocycles. The summed E-state index contributed by atoms with van der Waals surface area (Å²) in [7, 11) is -1.75. The van der Waals surface area contributed by atoms with Crippen molar-refractivity contribution in [2.75, 3.05) is 12.4 Å². The Labute approximate surface area is 106 Å². The minimum Gasteiger partial charge on any atom is -0.274 e. The van der Waals surface area contributed by atoms with Gasteiger partial charge in [-0.2, -0.15) is 9.40 Å². The molecule has 0 bridgehead atoms. The third-order valence-electron chi connectivity index (χ3n) is 3.28. The molecule has 0 saturated carbocycles. The van der Waals surface area contributed by atoms with Crippen LogP contribution in [-0.2, 0) is 17.1 Å². The number of hydrogen-bond donors (Lipinski definition) is 0. The first kappa shape index (κ1) is 12.9. The number of hydrogen-bond acceptors (Lipinski definition) is 3. The molecule has 96 valence electrons. The van der Waals surface area contributed by atoms with Crippen molar-refractivity contribution >= 4 is 21.6 Å². The Bertz CT molecular complexity index is 499. The predicted octanol–water partition coefficient (Wildman–Crippen LogP) is 1.06. The summed E-state index contributed by atoms with van der Waals surface area (Å²) < 4.78 is 27.7. The number of rotatable bonds is 3. The fourth-order valence-corrected chi connectivity index (χ4v) is 4.44. The monoisotopic (exact) mass is 277 g/mol. The molecule has 2 heterocycles. The average molecular weight is 278 g/mol. The van der Waals surface area contributed by atoms with Crippen LogP contribution in [0.2, 0.25) is 0 Å². The number of alkyl halides is 1. The summed E-state index contributed by atoms with van der Waals surface area (Å²) in [6.45, 7) is 2.57. The second-order valence-corrected chi connectivity index (χ2v) is 6.65. The van der Waals surface area contributed by atoms with Gasteiger partial charge in [0.15, 0.2) is 0 Å². The topological polar surface area (TPSA) is 55.2 Å². The number of aryl methyl sites for hydroxylation is 1. The molecule has 0 N–H and O–H groups in total. The maximum atomic E-state index is 12.4. The van der Waals surface area contributed by atoms with Crippen molar-refractivity contribution in [1.29, 1.82) is 0 Å². The lowest BCUT2D eigenvalue weighted by molar-refractivity contribution is 0.375. The Hall–Kier alpha value is -0.590. The van der Waals surface area contributed by atoms with Crippen molar-refractivity contribution in [3.63, 3.8) is 0 Å². The molecule has 7 heteroatoms. The highest BCUT2D eigenvalue weighted by Gasteiger charge is 2.39. The number of aromatic nitrogens is 2. The fourth-order valence-electron chi connectivity index (χ4n) is 2.17. The quantitative estimate of drug-likeness (QED) is 0.777. The standard InChI is InChI=1S/C10H16ClN3O2S/c1-8-3-4-14(10(8)5-11)17(15,16)9-6-12-13(2)7-9/h6-8,10H,3-5H2,1-2H3. The molecular weight excluding hydrogens is 262 g/mol. The zero-order chi connectivity index (χ0) is 12.6. The molecule has 1 aromatic rings. The summed E-state index contributed by atoms with van der Waals surface area (Å²) in [6.07, 6.45) is 3.75. The highest BCUT2D eigenvalue weighted by molar-refractivity contribution is 7.89. The Morgan fingerprint density at radius 1 is 1.59 bits per heavy atom. The third kappa shape index (κ3) is 2.21. The van der Waals surface area contributed by atoms with E-state index in [1.165, 1.54) is 21.4 Å². The molecular formula is C10H16ClN3O2S. The first-order chi connectivity index (χ1) is 7.96. The van der Waals surface area contributed by atoms with Crippen molar-refractivity contribution in [3.8, 4) is 0 Å². The first-order valence-corrected chi connectivity index (χ1v) is 7.50. The van der Waals surface area contributed by atoms with Gasteiger partial charge in [0.2, 0.25) is 10.0 Å². The second kappa shape index (κ2) is 4.59. The molecule has 0 amide bonds. The average Bonchev–Trinajstić information content (AvgIpc) is 2.84. The second-order valence-electron chi connectivity index (χ2n) is 4.45. The van der Waals surface area contributed by atoms with Gasteiger partial charge in [-0.1, -0.05) is 6.92 Å². The summed E-state index contributed by atoms with van der Waals surface area (Å²) >= 11 is 5.87. The van der Waals surface area contributed by atoms with Gasteiger partial charge in [0.25, 0.3) is 0 Å². The number of halogens is 1. The molecule has 2 unspecified atom stereocenters. The van der Waals surface area contributed by atoms with Crippen molar-refractivity contribution in [1.82, 2.24) is 14.1 Å². The lowest BCUT2D eigenvalue weighted by Crippen LogP contribution is -2.38. The largest absolute Gasteiger partial charge is 0.274 e. The SMILES string of the molecule is CC1CCN(S(=O)(=O)c2cnn(C)c2)C1CCl. The van der Waals surface area contributed by atoms with Gasteiger partial charge >= 0.3 is 0 Å². The van der Waals surface area contributed by atoms with Crippen LogP contribution in [0.5, 0.6) is 0 Å². The van der Waals surface area contributed by atoms with E-state index in [9.17, 15) is 8.42 Å². The van der Waals surface area contributed by atoms with Gasteiger partial charge in [0.05, 0.1) is 6.20 Å². The van der Waals surface area contributed by atoms with Gasteiger partial charge in [-0.3, -0.25) is 4.68 Å². The summed E-state index contributed by atoms with van der Waals surface area (Å²) in [6, 6.07) is -0.109. The van der Waals surface area contributed by atoms with Crippen LogP contribution >= 0.6 is 11.6 Å². The molecule has 0 spiro atoms. The van der Waals surface area contributed by atoms with E-state index >= 15 is 0 Å². The van der Waals surface area contributed by atoms with Crippen LogP contribution in [0.25, 0.3) is 0 Å². The highest BCUT2D eigenvalue weighted by Crippen LogP contribution is 2.30. The summed E-state index contributed by atoms with van der Waals surface area (Å²) in [5.41, 5.74) is 0. The van der Waals surface area contributed by atoms with Crippen molar-refractivity contribution < 1.29 is 8.42 Å². The zero-order valence-corrected chi connectivity index (χ0v) is 11.4. The van der Waals surface area contributed by atoms with E-state index in [4.69, 9.17) is 11.6 Å². The van der Waals surface area contributed by atoms with Gasteiger partial charge in [0, 0.05) is 31.7 Å². The van der Waals surface area contributed by atoms with Gasteiger partial charge in [0.1, 0.15) is 4.90 Å². The Balaban J connectivity index is 2.33. The third-order valence-corrected chi connectivity index (χ3v) is 5.47. The highest BCUT2D eigenvalue weighted by atomic mass is 35.5. The maximum Gasteiger partial charge on any atom is 0.246 e. The van der Waals surface area contributed by atoms with E-state index in [-0.39, 0.29) is 10.9 Å². The molecule has 0 aromatic carbocycles. The van der Waals surface area contributed by atoms with Crippen molar-refractivity contribution in [3.05, 3.63) is 12.4 Å². The summed E-state index contributed by atoms with van der Waals surface area (Å²) in [5, 5.41) is 3.90. The van der Waals surface area contributed by atoms with E-state index in [2.05, 4.69) is 5.10 Å².